The first-order valence-electron chi connectivity index (χ1n) is 15.9. The molecule has 3 N–H and O–H groups in total. The molecule has 0 heterocycles. The Kier molecular flexibility index (Phi) is 7.26. The molecule has 0 spiro atoms. The molecule has 0 saturated heterocycles. The van der Waals surface area contributed by atoms with Gasteiger partial charge in [-0.3, -0.25) is 0 Å². The van der Waals surface area contributed by atoms with Gasteiger partial charge in [0.1, 0.15) is 0 Å². The van der Waals surface area contributed by atoms with Crippen LogP contribution in [0.5, 0.6) is 0 Å². The molecule has 0 aromatic heterocycles. The van der Waals surface area contributed by atoms with Crippen molar-refractivity contribution in [1.82, 2.24) is 5.32 Å². The van der Waals surface area contributed by atoms with E-state index in [2.05, 4.69) is 157 Å². The summed E-state index contributed by atoms with van der Waals surface area (Å²) in [6.45, 7) is 0.658. The van der Waals surface area contributed by atoms with Crippen LogP contribution in [0.25, 0.3) is 59.9 Å². The van der Waals surface area contributed by atoms with Crippen molar-refractivity contribution in [3.05, 3.63) is 187 Å². The molecule has 0 radical (unpaired) electrons. The molecule has 0 aliphatic carbocycles. The zero-order chi connectivity index (χ0) is 30.9. The van der Waals surface area contributed by atoms with Crippen molar-refractivity contribution in [3.8, 4) is 11.1 Å². The van der Waals surface area contributed by atoms with Gasteiger partial charge in [0.2, 0.25) is 0 Å². The molecular formula is C44H34N2. The summed E-state index contributed by atoms with van der Waals surface area (Å²) < 4.78 is 0. The van der Waals surface area contributed by atoms with Gasteiger partial charge in [-0.1, -0.05) is 152 Å². The average Bonchev–Trinajstić information content (AvgIpc) is 3.12. The summed E-state index contributed by atoms with van der Waals surface area (Å²) >= 11 is 0. The Hall–Kier alpha value is -5.70. The van der Waals surface area contributed by atoms with E-state index in [9.17, 15) is 0 Å². The molecule has 1 unspecified atom stereocenters. The van der Waals surface area contributed by atoms with E-state index in [0.29, 0.717) is 6.54 Å². The Morgan fingerprint density at radius 3 is 1.93 bits per heavy atom. The maximum atomic E-state index is 6.82. The van der Waals surface area contributed by atoms with E-state index in [1.807, 2.05) is 18.2 Å². The number of hydrogen-bond donors (Lipinski definition) is 2. The van der Waals surface area contributed by atoms with Gasteiger partial charge in [0.25, 0.3) is 0 Å². The number of nitrogens with two attached hydrogens (primary N) is 1. The first-order chi connectivity index (χ1) is 22.7. The quantitative estimate of drug-likeness (QED) is 0.143. The predicted molar refractivity (Wildman–Crippen MR) is 197 cm³/mol. The first-order valence-corrected chi connectivity index (χ1v) is 15.9. The molecule has 46 heavy (non-hydrogen) atoms. The van der Waals surface area contributed by atoms with Gasteiger partial charge in [-0.2, -0.15) is 0 Å². The minimum Gasteiger partial charge on any atom is -0.381 e. The van der Waals surface area contributed by atoms with Crippen LogP contribution in [0.1, 0.15) is 22.7 Å². The Morgan fingerprint density at radius 2 is 1.13 bits per heavy atom. The lowest BCUT2D eigenvalue weighted by atomic mass is 9.92. The van der Waals surface area contributed by atoms with Crippen LogP contribution in [0.15, 0.2) is 170 Å². The second-order valence-electron chi connectivity index (χ2n) is 12.0. The zero-order valence-corrected chi connectivity index (χ0v) is 25.5. The van der Waals surface area contributed by atoms with Crippen LogP contribution >= 0.6 is 0 Å². The Labute approximate surface area is 269 Å². The molecule has 0 fully saturated rings. The highest BCUT2D eigenvalue weighted by Gasteiger charge is 2.14. The zero-order valence-electron chi connectivity index (χ0n) is 25.5. The third-order valence-corrected chi connectivity index (χ3v) is 9.12. The van der Waals surface area contributed by atoms with Crippen LogP contribution in [-0.2, 0) is 6.54 Å². The van der Waals surface area contributed by atoms with Gasteiger partial charge in [0.15, 0.2) is 0 Å². The number of benzene rings is 8. The van der Waals surface area contributed by atoms with Crippen LogP contribution in [-0.4, -0.2) is 0 Å². The van der Waals surface area contributed by atoms with Crippen LogP contribution in [0.2, 0.25) is 0 Å². The lowest BCUT2D eigenvalue weighted by Gasteiger charge is -2.19. The van der Waals surface area contributed by atoms with Crippen LogP contribution < -0.4 is 11.1 Å². The van der Waals surface area contributed by atoms with Crippen molar-refractivity contribution in [2.24, 2.45) is 5.73 Å². The average molecular weight is 591 g/mol. The summed E-state index contributed by atoms with van der Waals surface area (Å²) in [5, 5.41) is 13.9. The topological polar surface area (TPSA) is 38.0 Å². The fourth-order valence-electron chi connectivity index (χ4n) is 6.73. The summed E-state index contributed by atoms with van der Waals surface area (Å²) in [6, 6.07) is 58.2. The SMILES string of the molecule is NC(/C=C(\NCc1c2ccccc2cc2ccc3ccccc3c12)c1ccc(-c2ccc3ccccc3c2)cc1)c1ccccc1. The standard InChI is InChI=1S/C44H34N2/c45-42(33-12-2-1-3-13-33)28-43(34-22-18-31(19-23-34)36-24-20-30-10-4-5-14-35(30)26-36)46-29-41-39-16-8-7-15-37(39)27-38-25-21-32-11-6-9-17-40(32)44(38)41/h1-28,42,46H,29,45H2/b43-28-. The smallest absolute Gasteiger partial charge is 0.0504 e. The second kappa shape index (κ2) is 12.0. The van der Waals surface area contributed by atoms with E-state index in [1.165, 1.54) is 59.8 Å². The molecule has 2 nitrogen and oxygen atoms in total. The molecule has 8 aromatic rings. The van der Waals surface area contributed by atoms with Gasteiger partial charge in [-0.05, 0) is 89.1 Å². The van der Waals surface area contributed by atoms with Gasteiger partial charge >= 0.3 is 0 Å². The summed E-state index contributed by atoms with van der Waals surface area (Å²) in [5.74, 6) is 0. The Morgan fingerprint density at radius 1 is 0.522 bits per heavy atom. The monoisotopic (exact) mass is 590 g/mol. The third kappa shape index (κ3) is 5.30. The fourth-order valence-corrected chi connectivity index (χ4v) is 6.73. The minimum atomic E-state index is -0.256. The molecule has 8 rings (SSSR count). The van der Waals surface area contributed by atoms with Gasteiger partial charge in [0.05, 0.1) is 6.04 Å². The minimum absolute atomic E-state index is 0.256. The number of rotatable bonds is 7. The van der Waals surface area contributed by atoms with Gasteiger partial charge < -0.3 is 11.1 Å². The maximum Gasteiger partial charge on any atom is 0.0504 e. The van der Waals surface area contributed by atoms with Crippen molar-refractivity contribution >= 4 is 48.8 Å². The van der Waals surface area contributed by atoms with Crippen molar-refractivity contribution < 1.29 is 0 Å². The molecule has 0 saturated carbocycles. The van der Waals surface area contributed by atoms with Crippen LogP contribution in [0.3, 0.4) is 0 Å². The fraction of sp³-hybridized carbons (Fsp3) is 0.0455. The van der Waals surface area contributed by atoms with Crippen LogP contribution in [0.4, 0.5) is 0 Å². The number of nitrogens with one attached hydrogen (secondary N) is 1. The Balaban J connectivity index is 1.21. The lowest BCUT2D eigenvalue weighted by molar-refractivity contribution is 0.865. The van der Waals surface area contributed by atoms with E-state index in [-0.39, 0.29) is 6.04 Å². The summed E-state index contributed by atoms with van der Waals surface area (Å²) in [6.07, 6.45) is 2.16. The summed E-state index contributed by atoms with van der Waals surface area (Å²) in [5.41, 5.74) is 13.7. The normalized spacial score (nSPS) is 12.6. The second-order valence-corrected chi connectivity index (χ2v) is 12.0. The highest BCUT2D eigenvalue weighted by atomic mass is 14.9. The van der Waals surface area contributed by atoms with E-state index >= 15 is 0 Å². The molecule has 0 aliphatic rings. The van der Waals surface area contributed by atoms with E-state index < -0.39 is 0 Å². The van der Waals surface area contributed by atoms with Gasteiger partial charge in [-0.15, -0.1) is 0 Å². The van der Waals surface area contributed by atoms with Crippen LogP contribution in [0, 0.1) is 0 Å². The van der Waals surface area contributed by atoms with E-state index in [1.54, 1.807) is 0 Å². The van der Waals surface area contributed by atoms with Crippen molar-refractivity contribution in [3.63, 3.8) is 0 Å². The number of fused-ring (bicyclic) bond motifs is 5. The molecule has 220 valence electrons. The largest absolute Gasteiger partial charge is 0.381 e. The van der Waals surface area contributed by atoms with Gasteiger partial charge in [-0.25, -0.2) is 0 Å². The van der Waals surface area contributed by atoms with E-state index in [0.717, 1.165) is 16.8 Å². The summed E-state index contributed by atoms with van der Waals surface area (Å²) in [7, 11) is 0. The molecule has 0 bridgehead atoms. The number of hydrogen-bond acceptors (Lipinski definition) is 2. The molecule has 0 amide bonds. The van der Waals surface area contributed by atoms with Gasteiger partial charge in [0, 0.05) is 12.2 Å². The van der Waals surface area contributed by atoms with Crippen molar-refractivity contribution in [2.45, 2.75) is 12.6 Å². The Bertz CT molecular complexity index is 2370. The first kappa shape index (κ1) is 27.8. The highest BCUT2D eigenvalue weighted by molar-refractivity contribution is 6.14. The molecule has 8 aromatic carbocycles. The van der Waals surface area contributed by atoms with Crippen molar-refractivity contribution in [2.75, 3.05) is 0 Å². The maximum absolute atomic E-state index is 6.82. The van der Waals surface area contributed by atoms with Crippen molar-refractivity contribution in [1.29, 1.82) is 0 Å². The summed E-state index contributed by atoms with van der Waals surface area (Å²) in [4.78, 5) is 0. The molecule has 2 heteroatoms. The third-order valence-electron chi connectivity index (χ3n) is 9.12. The molecule has 0 aliphatic heterocycles. The highest BCUT2D eigenvalue weighted by Crippen LogP contribution is 2.35. The van der Waals surface area contributed by atoms with E-state index in [4.69, 9.17) is 5.73 Å². The molecule has 1 atom stereocenters. The molecular weight excluding hydrogens is 556 g/mol. The lowest BCUT2D eigenvalue weighted by Crippen LogP contribution is -2.16. The predicted octanol–water partition coefficient (Wildman–Crippen LogP) is 10.8.